The third-order valence-corrected chi connectivity index (χ3v) is 5.44. The van der Waals surface area contributed by atoms with Crippen LogP contribution in [0, 0.1) is 5.92 Å². The van der Waals surface area contributed by atoms with E-state index < -0.39 is 72.1 Å². The van der Waals surface area contributed by atoms with Crippen LogP contribution in [0.5, 0.6) is 0 Å². The normalized spacial score (nSPS) is 15.0. The van der Waals surface area contributed by atoms with Gasteiger partial charge >= 0.3 is 11.9 Å². The van der Waals surface area contributed by atoms with Gasteiger partial charge in [-0.1, -0.05) is 20.3 Å². The highest BCUT2D eigenvalue weighted by Gasteiger charge is 2.33. The molecule has 1 aromatic rings. The highest BCUT2D eigenvalue weighted by Crippen LogP contribution is 2.10. The number of carboxylic acids is 2. The third kappa shape index (κ3) is 10.1. The summed E-state index contributed by atoms with van der Waals surface area (Å²) < 4.78 is 0. The van der Waals surface area contributed by atoms with Crippen molar-refractivity contribution in [1.29, 1.82) is 0 Å². The Hall–Kier alpha value is -4.01. The maximum atomic E-state index is 13.2. The van der Waals surface area contributed by atoms with Crippen molar-refractivity contribution < 1.29 is 39.0 Å². The van der Waals surface area contributed by atoms with Crippen molar-refractivity contribution in [2.45, 2.75) is 70.1 Å². The Morgan fingerprint density at radius 3 is 2.17 bits per heavy atom. The Morgan fingerprint density at radius 2 is 1.67 bits per heavy atom. The van der Waals surface area contributed by atoms with E-state index in [0.29, 0.717) is 12.1 Å². The molecule has 1 rings (SSSR count). The smallest absolute Gasteiger partial charge is 0.326 e. The predicted molar refractivity (Wildman–Crippen MR) is 124 cm³/mol. The number of hydrogen-bond acceptors (Lipinski definition) is 8. The minimum atomic E-state index is -1.73. The standard InChI is InChI=1S/C21H33N7O8/c1-3-10(2)17(28-18(32)12(22)4-5-15(23)29)20(34)26-13(6-11-8-24-9-25-11)19(33)27-14(21(35)36)7-16(30)31/h8-10,12-14,17H,3-7,22H2,1-2H3,(H2,23,29)(H,24,25)(H,26,34)(H,27,33)(H,28,32)(H,30,31)(H,35,36). The quantitative estimate of drug-likeness (QED) is 0.117. The van der Waals surface area contributed by atoms with E-state index in [2.05, 4.69) is 25.9 Å². The Balaban J connectivity index is 3.07. The van der Waals surface area contributed by atoms with Crippen molar-refractivity contribution in [1.82, 2.24) is 25.9 Å². The van der Waals surface area contributed by atoms with Crippen LogP contribution >= 0.6 is 0 Å². The summed E-state index contributed by atoms with van der Waals surface area (Å²) in [7, 11) is 0. The SMILES string of the molecule is CCC(C)C(NC(=O)C(N)CCC(N)=O)C(=O)NC(Cc1cnc[nH]1)C(=O)NC(CC(=O)O)C(=O)O. The van der Waals surface area contributed by atoms with Crippen LogP contribution < -0.4 is 27.4 Å². The van der Waals surface area contributed by atoms with Crippen molar-refractivity contribution >= 4 is 35.6 Å². The summed E-state index contributed by atoms with van der Waals surface area (Å²) in [4.78, 5) is 78.4. The molecular formula is C21H33N7O8. The molecule has 0 radical (unpaired) electrons. The summed E-state index contributed by atoms with van der Waals surface area (Å²) in [5, 5.41) is 25.3. The first-order valence-corrected chi connectivity index (χ1v) is 11.2. The number of carboxylic acid groups (broad SMARTS) is 2. The third-order valence-electron chi connectivity index (χ3n) is 5.44. The zero-order valence-corrected chi connectivity index (χ0v) is 20.0. The summed E-state index contributed by atoms with van der Waals surface area (Å²) in [6.45, 7) is 3.47. The summed E-state index contributed by atoms with van der Waals surface area (Å²) >= 11 is 0. The molecule has 15 heteroatoms. The van der Waals surface area contributed by atoms with E-state index in [1.54, 1.807) is 13.8 Å². The van der Waals surface area contributed by atoms with Crippen LogP contribution in [-0.4, -0.2) is 79.9 Å². The van der Waals surface area contributed by atoms with E-state index in [1.807, 2.05) is 0 Å². The van der Waals surface area contributed by atoms with Gasteiger partial charge in [-0.05, 0) is 12.3 Å². The molecule has 36 heavy (non-hydrogen) atoms. The van der Waals surface area contributed by atoms with E-state index in [1.165, 1.54) is 12.5 Å². The molecule has 200 valence electrons. The minimum absolute atomic E-state index is 0.0268. The van der Waals surface area contributed by atoms with E-state index >= 15 is 0 Å². The van der Waals surface area contributed by atoms with Crippen molar-refractivity contribution in [3.05, 3.63) is 18.2 Å². The van der Waals surface area contributed by atoms with Gasteiger partial charge in [0, 0.05) is 24.7 Å². The van der Waals surface area contributed by atoms with Gasteiger partial charge < -0.3 is 42.6 Å². The second kappa shape index (κ2) is 14.4. The fraction of sp³-hybridized carbons (Fsp3) is 0.571. The van der Waals surface area contributed by atoms with Gasteiger partial charge in [-0.3, -0.25) is 24.0 Å². The number of carbonyl (C=O) groups is 6. The highest BCUT2D eigenvalue weighted by atomic mass is 16.4. The van der Waals surface area contributed by atoms with Gasteiger partial charge in [-0.2, -0.15) is 0 Å². The number of carbonyl (C=O) groups excluding carboxylic acids is 4. The Bertz CT molecular complexity index is 937. The number of nitrogens with one attached hydrogen (secondary N) is 4. The minimum Gasteiger partial charge on any atom is -0.481 e. The number of rotatable bonds is 16. The number of primary amides is 1. The lowest BCUT2D eigenvalue weighted by molar-refractivity contribution is -0.147. The van der Waals surface area contributed by atoms with Crippen LogP contribution in [0.4, 0.5) is 0 Å². The number of H-pyrrole nitrogens is 1. The fourth-order valence-electron chi connectivity index (χ4n) is 3.13. The molecule has 0 fully saturated rings. The van der Waals surface area contributed by atoms with Crippen molar-refractivity contribution in [3.8, 4) is 0 Å². The van der Waals surface area contributed by atoms with Gasteiger partial charge in [0.2, 0.25) is 23.6 Å². The predicted octanol–water partition coefficient (Wildman–Crippen LogP) is -2.40. The molecule has 0 spiro atoms. The number of nitrogens with two attached hydrogens (primary N) is 2. The summed E-state index contributed by atoms with van der Waals surface area (Å²) in [5.74, 6) is -6.42. The average Bonchev–Trinajstić information content (AvgIpc) is 3.31. The van der Waals surface area contributed by atoms with E-state index in [0.717, 1.165) is 0 Å². The number of imidazole rings is 1. The van der Waals surface area contributed by atoms with Gasteiger partial charge in [-0.15, -0.1) is 0 Å². The number of hydrogen-bond donors (Lipinski definition) is 8. The van der Waals surface area contributed by atoms with Crippen molar-refractivity contribution in [2.75, 3.05) is 0 Å². The van der Waals surface area contributed by atoms with Crippen LogP contribution in [0.25, 0.3) is 0 Å². The molecule has 0 aliphatic heterocycles. The molecule has 0 aliphatic rings. The molecule has 0 saturated carbocycles. The molecule has 0 aliphatic carbocycles. The lowest BCUT2D eigenvalue weighted by Gasteiger charge is -2.27. The molecule has 1 heterocycles. The summed E-state index contributed by atoms with van der Waals surface area (Å²) in [5.41, 5.74) is 11.3. The largest absolute Gasteiger partial charge is 0.481 e. The van der Waals surface area contributed by atoms with Gasteiger partial charge in [0.05, 0.1) is 18.8 Å². The first-order chi connectivity index (χ1) is 16.8. The Labute approximate surface area is 206 Å². The topological polar surface area (TPSA) is 260 Å². The van der Waals surface area contributed by atoms with E-state index in [9.17, 15) is 33.9 Å². The first kappa shape index (κ1) is 30.0. The maximum absolute atomic E-state index is 13.2. The van der Waals surface area contributed by atoms with Crippen LogP contribution in [0.2, 0.25) is 0 Å². The number of amides is 4. The zero-order valence-electron chi connectivity index (χ0n) is 20.0. The summed E-state index contributed by atoms with van der Waals surface area (Å²) in [6.07, 6.45) is 2.04. The number of aliphatic carboxylic acids is 2. The zero-order chi connectivity index (χ0) is 27.4. The van der Waals surface area contributed by atoms with Crippen molar-refractivity contribution in [2.24, 2.45) is 17.4 Å². The number of aromatic amines is 1. The van der Waals surface area contributed by atoms with Crippen molar-refractivity contribution in [3.63, 3.8) is 0 Å². The second-order valence-corrected chi connectivity index (χ2v) is 8.32. The average molecular weight is 512 g/mol. The van der Waals surface area contributed by atoms with Crippen LogP contribution in [0.3, 0.4) is 0 Å². The number of nitrogens with zero attached hydrogens (tertiary/aromatic N) is 1. The maximum Gasteiger partial charge on any atom is 0.326 e. The Kier molecular flexibility index (Phi) is 12.0. The Morgan fingerprint density at radius 1 is 1.03 bits per heavy atom. The molecule has 5 atom stereocenters. The van der Waals surface area contributed by atoms with Gasteiger partial charge in [-0.25, -0.2) is 9.78 Å². The monoisotopic (exact) mass is 511 g/mol. The molecule has 0 saturated heterocycles. The van der Waals surface area contributed by atoms with Gasteiger partial charge in [0.1, 0.15) is 18.1 Å². The number of aromatic nitrogens is 2. The molecule has 10 N–H and O–H groups in total. The van der Waals surface area contributed by atoms with E-state index in [-0.39, 0.29) is 19.3 Å². The highest BCUT2D eigenvalue weighted by molar-refractivity contribution is 5.95. The molecule has 4 amide bonds. The molecule has 1 aromatic heterocycles. The molecule has 0 aromatic carbocycles. The fourth-order valence-corrected chi connectivity index (χ4v) is 3.13. The summed E-state index contributed by atoms with van der Waals surface area (Å²) in [6, 6.07) is -5.29. The van der Waals surface area contributed by atoms with E-state index in [4.69, 9.17) is 16.6 Å². The molecule has 5 unspecified atom stereocenters. The molecule has 15 nitrogen and oxygen atoms in total. The molecule has 0 bridgehead atoms. The molecular weight excluding hydrogens is 478 g/mol. The van der Waals surface area contributed by atoms with Crippen LogP contribution in [-0.2, 0) is 35.2 Å². The van der Waals surface area contributed by atoms with Crippen LogP contribution in [0.1, 0.15) is 45.2 Å². The van der Waals surface area contributed by atoms with Crippen LogP contribution in [0.15, 0.2) is 12.5 Å². The second-order valence-electron chi connectivity index (χ2n) is 8.32. The lowest BCUT2D eigenvalue weighted by Crippen LogP contribution is -2.59. The lowest BCUT2D eigenvalue weighted by atomic mass is 9.96. The van der Waals surface area contributed by atoms with Gasteiger partial charge in [0.15, 0.2) is 0 Å². The first-order valence-electron chi connectivity index (χ1n) is 11.2. The van der Waals surface area contributed by atoms with Gasteiger partial charge in [0.25, 0.3) is 0 Å².